The monoisotopic (exact) mass is 396 g/mol. The van der Waals surface area contributed by atoms with E-state index in [0.717, 1.165) is 18.5 Å². The lowest BCUT2D eigenvalue weighted by Gasteiger charge is -2.22. The van der Waals surface area contributed by atoms with Crippen molar-refractivity contribution in [1.82, 2.24) is 20.2 Å². The zero-order valence-electron chi connectivity index (χ0n) is 16.4. The third-order valence-electron chi connectivity index (χ3n) is 5.39. The summed E-state index contributed by atoms with van der Waals surface area (Å²) in [6, 6.07) is 5.56. The molecule has 8 heteroatoms. The van der Waals surface area contributed by atoms with E-state index in [4.69, 9.17) is 9.47 Å². The van der Waals surface area contributed by atoms with Crippen molar-refractivity contribution in [3.63, 3.8) is 0 Å². The van der Waals surface area contributed by atoms with Crippen LogP contribution in [-0.4, -0.2) is 46.4 Å². The predicted molar refractivity (Wildman–Crippen MR) is 104 cm³/mol. The highest BCUT2D eigenvalue weighted by Gasteiger charge is 2.35. The van der Waals surface area contributed by atoms with Crippen molar-refractivity contribution in [2.45, 2.75) is 44.8 Å². The van der Waals surface area contributed by atoms with Crippen LogP contribution in [0.2, 0.25) is 0 Å². The molecule has 8 nitrogen and oxygen atoms in total. The Kier molecular flexibility index (Phi) is 5.59. The second-order valence-electron chi connectivity index (χ2n) is 7.28. The van der Waals surface area contributed by atoms with E-state index in [1.54, 1.807) is 30.6 Å². The van der Waals surface area contributed by atoms with Crippen LogP contribution in [0.1, 0.15) is 47.3 Å². The first kappa shape index (κ1) is 19.2. The Bertz CT molecular complexity index is 897. The summed E-state index contributed by atoms with van der Waals surface area (Å²) in [5.41, 5.74) is 2.02. The molecule has 2 aliphatic rings. The number of rotatable bonds is 7. The van der Waals surface area contributed by atoms with Crippen molar-refractivity contribution in [1.29, 1.82) is 0 Å². The first-order valence-electron chi connectivity index (χ1n) is 9.83. The molecule has 0 bridgehead atoms. The molecule has 4 rings (SSSR count). The largest absolute Gasteiger partial charge is 0.482 e. The lowest BCUT2D eigenvalue weighted by molar-refractivity contribution is -0.123. The summed E-state index contributed by atoms with van der Waals surface area (Å²) in [5, 5.41) is 2.79. The molecule has 2 aromatic rings. The van der Waals surface area contributed by atoms with Crippen LogP contribution in [0.3, 0.4) is 0 Å². The smallest absolute Gasteiger partial charge is 0.258 e. The van der Waals surface area contributed by atoms with E-state index in [0.29, 0.717) is 35.3 Å². The third-order valence-corrected chi connectivity index (χ3v) is 5.39. The Morgan fingerprint density at radius 2 is 2.17 bits per heavy atom. The number of hydrogen-bond acceptors (Lipinski definition) is 6. The van der Waals surface area contributed by atoms with Crippen LogP contribution < -0.4 is 14.8 Å². The lowest BCUT2D eigenvalue weighted by Crippen LogP contribution is -2.33. The highest BCUT2D eigenvalue weighted by Crippen LogP contribution is 2.33. The second kappa shape index (κ2) is 8.46. The number of nitrogens with zero attached hydrogens (tertiary/aromatic N) is 3. The van der Waals surface area contributed by atoms with Gasteiger partial charge in [-0.05, 0) is 31.0 Å². The lowest BCUT2D eigenvalue weighted by atomic mass is 10.1. The Morgan fingerprint density at radius 3 is 2.90 bits per heavy atom. The van der Waals surface area contributed by atoms with Crippen LogP contribution >= 0.6 is 0 Å². The minimum Gasteiger partial charge on any atom is -0.482 e. The minimum absolute atomic E-state index is 0.0227. The van der Waals surface area contributed by atoms with Crippen LogP contribution in [0.25, 0.3) is 0 Å². The van der Waals surface area contributed by atoms with Gasteiger partial charge in [-0.15, -0.1) is 0 Å². The average Bonchev–Trinajstić information content (AvgIpc) is 3.39. The van der Waals surface area contributed by atoms with Crippen LogP contribution in [0.5, 0.6) is 11.6 Å². The van der Waals surface area contributed by atoms with Crippen molar-refractivity contribution in [3.8, 4) is 11.6 Å². The molecule has 1 saturated carbocycles. The molecule has 0 radical (unpaired) electrons. The molecule has 0 unspecified atom stereocenters. The number of methoxy groups -OCH3 is 1. The van der Waals surface area contributed by atoms with Gasteiger partial charge in [0.15, 0.2) is 6.61 Å². The molecule has 29 heavy (non-hydrogen) atoms. The number of pyridine rings is 2. The summed E-state index contributed by atoms with van der Waals surface area (Å²) in [7, 11) is 1.54. The Hall–Kier alpha value is -3.16. The maximum atomic E-state index is 12.9. The van der Waals surface area contributed by atoms with Crippen molar-refractivity contribution < 1.29 is 19.1 Å². The van der Waals surface area contributed by atoms with Crippen molar-refractivity contribution in [2.75, 3.05) is 13.7 Å². The number of fused-ring (bicyclic) bond motifs is 1. The molecule has 2 aromatic heterocycles. The summed E-state index contributed by atoms with van der Waals surface area (Å²) in [4.78, 5) is 35.4. The van der Waals surface area contributed by atoms with Gasteiger partial charge in [0.05, 0.1) is 31.1 Å². The molecule has 1 N–H and O–H groups in total. The quantitative estimate of drug-likeness (QED) is 0.770. The number of aromatic nitrogens is 2. The van der Waals surface area contributed by atoms with Gasteiger partial charge < -0.3 is 19.7 Å². The third kappa shape index (κ3) is 4.16. The van der Waals surface area contributed by atoms with Gasteiger partial charge in [-0.1, -0.05) is 12.8 Å². The van der Waals surface area contributed by atoms with Crippen LogP contribution in [0.4, 0.5) is 0 Å². The first-order chi connectivity index (χ1) is 14.2. The van der Waals surface area contributed by atoms with Gasteiger partial charge in [0.1, 0.15) is 5.75 Å². The highest BCUT2D eigenvalue weighted by molar-refractivity contribution is 5.98. The Morgan fingerprint density at radius 1 is 1.34 bits per heavy atom. The summed E-state index contributed by atoms with van der Waals surface area (Å²) in [6.07, 6.45) is 7.62. The summed E-state index contributed by atoms with van der Waals surface area (Å²) < 4.78 is 10.8. The molecule has 0 aromatic carbocycles. The SMILES string of the molecule is COc1nc2c(cc1CNC(=O)COc1cccnc1)C(=O)N(C1CCCC1)C2. The average molecular weight is 396 g/mol. The molecule has 0 spiro atoms. The second-order valence-corrected chi connectivity index (χ2v) is 7.28. The number of carbonyl (C=O) groups is 2. The molecule has 152 valence electrons. The fourth-order valence-electron chi connectivity index (χ4n) is 3.91. The van der Waals surface area contributed by atoms with E-state index < -0.39 is 0 Å². The molecule has 0 saturated heterocycles. The van der Waals surface area contributed by atoms with Gasteiger partial charge in [-0.2, -0.15) is 0 Å². The minimum atomic E-state index is -0.282. The molecular formula is C21H24N4O4. The standard InChI is InChI=1S/C21H24N4O4/c1-28-20-14(10-23-19(26)13-29-16-7-4-8-22-11-16)9-17-18(24-20)12-25(21(17)27)15-5-2-3-6-15/h4,7-9,11,15H,2-3,5-6,10,12-13H2,1H3,(H,23,26). The summed E-state index contributed by atoms with van der Waals surface area (Å²) >= 11 is 0. The van der Waals surface area contributed by atoms with E-state index in [1.807, 2.05) is 4.90 Å². The summed E-state index contributed by atoms with van der Waals surface area (Å²) in [6.45, 7) is 0.608. The van der Waals surface area contributed by atoms with E-state index in [9.17, 15) is 9.59 Å². The zero-order valence-corrected chi connectivity index (χ0v) is 16.4. The predicted octanol–water partition coefficient (Wildman–Crippen LogP) is 2.08. The van der Waals surface area contributed by atoms with Gasteiger partial charge in [-0.25, -0.2) is 4.98 Å². The topological polar surface area (TPSA) is 93.6 Å². The zero-order chi connectivity index (χ0) is 20.2. The Balaban J connectivity index is 1.40. The number of nitrogens with one attached hydrogen (secondary N) is 1. The van der Waals surface area contributed by atoms with E-state index in [1.165, 1.54) is 20.0 Å². The fraction of sp³-hybridized carbons (Fsp3) is 0.429. The van der Waals surface area contributed by atoms with Crippen molar-refractivity contribution in [3.05, 3.63) is 47.4 Å². The number of amides is 2. The molecule has 2 amide bonds. The van der Waals surface area contributed by atoms with Crippen molar-refractivity contribution in [2.24, 2.45) is 0 Å². The number of hydrogen-bond donors (Lipinski definition) is 1. The number of ether oxygens (including phenoxy) is 2. The highest BCUT2D eigenvalue weighted by atomic mass is 16.5. The van der Waals surface area contributed by atoms with Gasteiger partial charge in [0.2, 0.25) is 5.88 Å². The van der Waals surface area contributed by atoms with Gasteiger partial charge in [0.25, 0.3) is 11.8 Å². The molecule has 1 aliphatic heterocycles. The summed E-state index contributed by atoms with van der Waals surface area (Å²) in [5.74, 6) is 0.695. The van der Waals surface area contributed by atoms with Gasteiger partial charge >= 0.3 is 0 Å². The van der Waals surface area contributed by atoms with Crippen LogP contribution in [0, 0.1) is 0 Å². The molecule has 0 atom stereocenters. The van der Waals surface area contributed by atoms with E-state index in [2.05, 4.69) is 15.3 Å². The normalized spacial score (nSPS) is 16.0. The van der Waals surface area contributed by atoms with Crippen LogP contribution in [-0.2, 0) is 17.9 Å². The van der Waals surface area contributed by atoms with Crippen molar-refractivity contribution >= 4 is 11.8 Å². The maximum absolute atomic E-state index is 12.9. The Labute approximate surface area is 169 Å². The molecular weight excluding hydrogens is 372 g/mol. The molecule has 1 aliphatic carbocycles. The molecule has 3 heterocycles. The first-order valence-corrected chi connectivity index (χ1v) is 9.83. The van der Waals surface area contributed by atoms with Crippen LogP contribution in [0.15, 0.2) is 30.6 Å². The maximum Gasteiger partial charge on any atom is 0.258 e. The molecule has 1 fully saturated rings. The van der Waals surface area contributed by atoms with E-state index >= 15 is 0 Å². The number of carbonyl (C=O) groups excluding carboxylic acids is 2. The fourth-order valence-corrected chi connectivity index (χ4v) is 3.91. The van der Waals surface area contributed by atoms with Gasteiger partial charge in [0, 0.05) is 24.3 Å². The van der Waals surface area contributed by atoms with Gasteiger partial charge in [-0.3, -0.25) is 14.6 Å². The van der Waals surface area contributed by atoms with E-state index in [-0.39, 0.29) is 25.0 Å².